The molecule has 0 bridgehead atoms. The lowest BCUT2D eigenvalue weighted by Gasteiger charge is -2.07. The summed E-state index contributed by atoms with van der Waals surface area (Å²) >= 11 is 9.20. The Hall–Kier alpha value is -0.740. The Balaban J connectivity index is 2.78. The summed E-state index contributed by atoms with van der Waals surface area (Å²) in [6.45, 7) is 2.63. The third-order valence-electron chi connectivity index (χ3n) is 1.78. The van der Waals surface area contributed by atoms with Crippen LogP contribution in [0.2, 0.25) is 5.02 Å². The van der Waals surface area contributed by atoms with E-state index in [-0.39, 0.29) is 0 Å². The second kappa shape index (κ2) is 6.76. The highest BCUT2D eigenvalue weighted by atomic mass is 79.9. The molecule has 0 saturated heterocycles. The van der Waals surface area contributed by atoms with Gasteiger partial charge in [0, 0.05) is 5.33 Å². The molecule has 0 heterocycles. The number of hydrogen-bond acceptors (Lipinski definition) is 3. The Morgan fingerprint density at radius 2 is 2.25 bits per heavy atom. The lowest BCUT2D eigenvalue weighted by atomic mass is 10.2. The highest BCUT2D eigenvalue weighted by Crippen LogP contribution is 2.23. The molecule has 1 aromatic carbocycles. The quantitative estimate of drug-likeness (QED) is 0.618. The molecule has 0 saturated carbocycles. The van der Waals surface area contributed by atoms with Crippen LogP contribution in [0.25, 0.3) is 0 Å². The Bertz CT molecular complexity index is 368. The average Bonchev–Trinajstić information content (AvgIpc) is 2.26. The van der Waals surface area contributed by atoms with Crippen LogP contribution in [-0.2, 0) is 4.74 Å². The molecular weight excluding hydrogens is 295 g/mol. The molecule has 0 aliphatic heterocycles. The van der Waals surface area contributed by atoms with Gasteiger partial charge >= 0.3 is 5.97 Å². The van der Waals surface area contributed by atoms with Crippen molar-refractivity contribution in [3.63, 3.8) is 0 Å². The van der Waals surface area contributed by atoms with Gasteiger partial charge in [-0.25, -0.2) is 4.79 Å². The van der Waals surface area contributed by atoms with E-state index in [1.54, 1.807) is 25.1 Å². The number of esters is 1. The number of alkyl halides is 1. The average molecular weight is 308 g/mol. The molecule has 88 valence electrons. The highest BCUT2D eigenvalue weighted by Gasteiger charge is 2.11. The van der Waals surface area contributed by atoms with E-state index in [0.29, 0.717) is 29.5 Å². The lowest BCUT2D eigenvalue weighted by molar-refractivity contribution is 0.0526. The second-order valence-corrected chi connectivity index (χ2v) is 4.10. The number of benzene rings is 1. The highest BCUT2D eigenvalue weighted by molar-refractivity contribution is 9.09. The van der Waals surface area contributed by atoms with Crippen LogP contribution in [0, 0.1) is 0 Å². The lowest BCUT2D eigenvalue weighted by Crippen LogP contribution is -2.05. The normalized spacial score (nSPS) is 9.94. The standard InChI is InChI=1S/C11H12BrClO3/c1-2-15-11(14)9-4-3-8(7-10(9)13)16-6-5-12/h3-4,7H,2,5-6H2,1H3. The second-order valence-electron chi connectivity index (χ2n) is 2.90. The van der Waals surface area contributed by atoms with Crippen molar-refractivity contribution < 1.29 is 14.3 Å². The first kappa shape index (κ1) is 13.3. The van der Waals surface area contributed by atoms with Gasteiger partial charge in [-0.3, -0.25) is 0 Å². The van der Waals surface area contributed by atoms with Gasteiger partial charge in [0.1, 0.15) is 5.75 Å². The molecule has 0 unspecified atom stereocenters. The van der Waals surface area contributed by atoms with Crippen molar-refractivity contribution in [1.82, 2.24) is 0 Å². The maximum atomic E-state index is 11.4. The molecule has 0 aromatic heterocycles. The number of carbonyl (C=O) groups excluding carboxylic acids is 1. The van der Waals surface area contributed by atoms with E-state index >= 15 is 0 Å². The van der Waals surface area contributed by atoms with Crippen LogP contribution in [0.1, 0.15) is 17.3 Å². The van der Waals surface area contributed by atoms with E-state index in [2.05, 4.69) is 15.9 Å². The minimum atomic E-state index is -0.417. The molecule has 0 spiro atoms. The van der Waals surface area contributed by atoms with E-state index in [4.69, 9.17) is 21.1 Å². The molecule has 0 radical (unpaired) electrons. The molecule has 0 aliphatic rings. The Kier molecular flexibility index (Phi) is 5.63. The largest absolute Gasteiger partial charge is 0.493 e. The predicted octanol–water partition coefficient (Wildman–Crippen LogP) is 3.29. The fourth-order valence-corrected chi connectivity index (χ4v) is 1.53. The zero-order chi connectivity index (χ0) is 12.0. The van der Waals surface area contributed by atoms with Crippen LogP contribution in [0.15, 0.2) is 18.2 Å². The Labute approximate surface area is 108 Å². The van der Waals surface area contributed by atoms with E-state index in [0.717, 1.165) is 5.33 Å². The third kappa shape index (κ3) is 3.68. The number of hydrogen-bond donors (Lipinski definition) is 0. The van der Waals surface area contributed by atoms with Gasteiger partial charge in [0.2, 0.25) is 0 Å². The van der Waals surface area contributed by atoms with Gasteiger partial charge in [-0.2, -0.15) is 0 Å². The topological polar surface area (TPSA) is 35.5 Å². The minimum absolute atomic E-state index is 0.330. The van der Waals surface area contributed by atoms with Crippen molar-refractivity contribution in [3.05, 3.63) is 28.8 Å². The van der Waals surface area contributed by atoms with Crippen molar-refractivity contribution in [1.29, 1.82) is 0 Å². The Morgan fingerprint density at radius 1 is 1.50 bits per heavy atom. The molecular formula is C11H12BrClO3. The van der Waals surface area contributed by atoms with Crippen molar-refractivity contribution in [2.75, 3.05) is 18.5 Å². The Morgan fingerprint density at radius 3 is 2.81 bits per heavy atom. The van der Waals surface area contributed by atoms with E-state index in [1.165, 1.54) is 0 Å². The summed E-state index contributed by atoms with van der Waals surface area (Å²) in [5.74, 6) is 0.219. The zero-order valence-corrected chi connectivity index (χ0v) is 11.2. The maximum Gasteiger partial charge on any atom is 0.339 e. The fraction of sp³-hybridized carbons (Fsp3) is 0.364. The van der Waals surface area contributed by atoms with Crippen molar-refractivity contribution in [2.24, 2.45) is 0 Å². The smallest absolute Gasteiger partial charge is 0.339 e. The molecule has 5 heteroatoms. The molecule has 0 N–H and O–H groups in total. The molecule has 16 heavy (non-hydrogen) atoms. The summed E-state index contributed by atoms with van der Waals surface area (Å²) < 4.78 is 10.2. The van der Waals surface area contributed by atoms with Crippen LogP contribution in [0.5, 0.6) is 5.75 Å². The minimum Gasteiger partial charge on any atom is -0.493 e. The van der Waals surface area contributed by atoms with Gasteiger partial charge in [-0.15, -0.1) is 0 Å². The number of ether oxygens (including phenoxy) is 2. The van der Waals surface area contributed by atoms with Crippen LogP contribution >= 0.6 is 27.5 Å². The first-order valence-electron chi connectivity index (χ1n) is 4.84. The van der Waals surface area contributed by atoms with Crippen LogP contribution < -0.4 is 4.74 Å². The van der Waals surface area contributed by atoms with Crippen LogP contribution in [0.4, 0.5) is 0 Å². The molecule has 0 aliphatic carbocycles. The number of rotatable bonds is 5. The predicted molar refractivity (Wildman–Crippen MR) is 66.7 cm³/mol. The third-order valence-corrected chi connectivity index (χ3v) is 2.42. The SMILES string of the molecule is CCOC(=O)c1ccc(OCCBr)cc1Cl. The monoisotopic (exact) mass is 306 g/mol. The number of carbonyl (C=O) groups is 1. The first-order valence-corrected chi connectivity index (χ1v) is 6.34. The van der Waals surface area contributed by atoms with E-state index in [9.17, 15) is 4.79 Å². The fourth-order valence-electron chi connectivity index (χ4n) is 1.12. The van der Waals surface area contributed by atoms with Crippen LogP contribution in [0.3, 0.4) is 0 Å². The molecule has 0 amide bonds. The van der Waals surface area contributed by atoms with E-state index in [1.807, 2.05) is 0 Å². The zero-order valence-electron chi connectivity index (χ0n) is 8.83. The van der Waals surface area contributed by atoms with Crippen LogP contribution in [-0.4, -0.2) is 24.5 Å². The maximum absolute atomic E-state index is 11.4. The van der Waals surface area contributed by atoms with Gasteiger partial charge < -0.3 is 9.47 Å². The molecule has 3 nitrogen and oxygen atoms in total. The van der Waals surface area contributed by atoms with Crippen molar-refractivity contribution in [3.8, 4) is 5.75 Å². The van der Waals surface area contributed by atoms with E-state index < -0.39 is 5.97 Å². The summed E-state index contributed by atoms with van der Waals surface area (Å²) in [6.07, 6.45) is 0. The first-order chi connectivity index (χ1) is 7.69. The van der Waals surface area contributed by atoms with Crippen molar-refractivity contribution in [2.45, 2.75) is 6.92 Å². The summed E-state index contributed by atoms with van der Waals surface area (Å²) in [4.78, 5) is 11.4. The van der Waals surface area contributed by atoms with Gasteiger partial charge in [0.25, 0.3) is 0 Å². The summed E-state index contributed by atoms with van der Waals surface area (Å²) in [6, 6.07) is 4.90. The summed E-state index contributed by atoms with van der Waals surface area (Å²) in [7, 11) is 0. The van der Waals surface area contributed by atoms with Gasteiger partial charge in [0.05, 0.1) is 23.8 Å². The molecule has 0 fully saturated rings. The summed E-state index contributed by atoms with van der Waals surface area (Å²) in [5, 5.41) is 1.08. The van der Waals surface area contributed by atoms with Gasteiger partial charge in [-0.1, -0.05) is 27.5 Å². The molecule has 1 rings (SSSR count). The number of halogens is 2. The van der Waals surface area contributed by atoms with Gasteiger partial charge in [0.15, 0.2) is 0 Å². The summed E-state index contributed by atoms with van der Waals surface area (Å²) in [5.41, 5.74) is 0.356. The van der Waals surface area contributed by atoms with Gasteiger partial charge in [-0.05, 0) is 25.1 Å². The molecule has 1 aromatic rings. The van der Waals surface area contributed by atoms with Crippen molar-refractivity contribution >= 4 is 33.5 Å². The molecule has 0 atom stereocenters.